The Hall–Kier alpha value is -1.14. The van der Waals surface area contributed by atoms with Gasteiger partial charge in [-0.25, -0.2) is 0 Å². The predicted octanol–water partition coefficient (Wildman–Crippen LogP) is 4.52. The molecule has 0 heterocycles. The molecule has 1 rings (SSSR count). The van der Waals surface area contributed by atoms with E-state index in [-0.39, 0.29) is 12.2 Å². The Kier molecular flexibility index (Phi) is 13.3. The van der Waals surface area contributed by atoms with Gasteiger partial charge in [0.2, 0.25) is 0 Å². The highest BCUT2D eigenvalue weighted by Gasteiger charge is 2.17. The first-order valence-corrected chi connectivity index (χ1v) is 11.7. The van der Waals surface area contributed by atoms with Crippen molar-refractivity contribution in [1.29, 1.82) is 0 Å². The lowest BCUT2D eigenvalue weighted by atomic mass is 10.2. The van der Waals surface area contributed by atoms with Crippen LogP contribution in [0.1, 0.15) is 46.1 Å². The first-order chi connectivity index (χ1) is 14.3. The summed E-state index contributed by atoms with van der Waals surface area (Å²) in [6.45, 7) is 17.3. The third-order valence-corrected chi connectivity index (χ3v) is 5.33. The van der Waals surface area contributed by atoms with E-state index in [1.54, 1.807) is 0 Å². The van der Waals surface area contributed by atoms with E-state index in [9.17, 15) is 0 Å². The minimum Gasteiger partial charge on any atom is -0.376 e. The number of hydrogen-bond acceptors (Lipinski definition) is 4. The maximum atomic E-state index is 6.18. The van der Waals surface area contributed by atoms with Gasteiger partial charge in [0.1, 0.15) is 6.54 Å². The SMILES string of the molecule is CCCC[N+](C)(C)CCOCCOC(COC(C)C)CN(CC)c1cccc(C)c1. The largest absolute Gasteiger partial charge is 0.376 e. The van der Waals surface area contributed by atoms with Crippen LogP contribution in [-0.4, -0.2) is 83.4 Å². The molecule has 1 aromatic rings. The Balaban J connectivity index is 2.46. The summed E-state index contributed by atoms with van der Waals surface area (Å²) in [5, 5.41) is 0. The maximum Gasteiger partial charge on any atom is 0.102 e. The van der Waals surface area contributed by atoms with E-state index in [2.05, 4.69) is 77.9 Å². The van der Waals surface area contributed by atoms with Crippen molar-refractivity contribution in [2.24, 2.45) is 0 Å². The van der Waals surface area contributed by atoms with Crippen molar-refractivity contribution in [3.05, 3.63) is 29.8 Å². The zero-order chi connectivity index (χ0) is 22.4. The van der Waals surface area contributed by atoms with Gasteiger partial charge >= 0.3 is 0 Å². The molecule has 0 aliphatic heterocycles. The van der Waals surface area contributed by atoms with Crippen molar-refractivity contribution in [3.63, 3.8) is 0 Å². The number of anilines is 1. The van der Waals surface area contributed by atoms with Gasteiger partial charge in [-0.3, -0.25) is 0 Å². The second-order valence-electron chi connectivity index (χ2n) is 9.10. The molecule has 0 aliphatic carbocycles. The lowest BCUT2D eigenvalue weighted by Gasteiger charge is -2.30. The highest BCUT2D eigenvalue weighted by Crippen LogP contribution is 2.17. The molecule has 0 fully saturated rings. The van der Waals surface area contributed by atoms with Gasteiger partial charge in [0.05, 0.1) is 59.3 Å². The first-order valence-electron chi connectivity index (χ1n) is 11.7. The van der Waals surface area contributed by atoms with E-state index >= 15 is 0 Å². The fraction of sp³-hybridized carbons (Fsp3) is 0.760. The summed E-state index contributed by atoms with van der Waals surface area (Å²) in [7, 11) is 4.55. The molecule has 0 saturated carbocycles. The van der Waals surface area contributed by atoms with Gasteiger partial charge in [0.15, 0.2) is 0 Å². The number of unbranched alkanes of at least 4 members (excludes halogenated alkanes) is 1. The number of benzene rings is 1. The number of quaternary nitrogens is 1. The molecule has 0 saturated heterocycles. The molecule has 1 aromatic carbocycles. The molecule has 0 bridgehead atoms. The van der Waals surface area contributed by atoms with Gasteiger partial charge < -0.3 is 23.6 Å². The molecule has 5 heteroatoms. The van der Waals surface area contributed by atoms with Crippen LogP contribution >= 0.6 is 0 Å². The zero-order valence-corrected chi connectivity index (χ0v) is 20.7. The molecule has 5 nitrogen and oxygen atoms in total. The number of likely N-dealkylation sites (N-methyl/N-ethyl adjacent to an activating group) is 2. The van der Waals surface area contributed by atoms with Crippen molar-refractivity contribution in [2.75, 3.05) is 71.6 Å². The van der Waals surface area contributed by atoms with Gasteiger partial charge in [0, 0.05) is 18.8 Å². The quantitative estimate of drug-likeness (QED) is 0.272. The summed E-state index contributed by atoms with van der Waals surface area (Å²) in [5.41, 5.74) is 2.51. The van der Waals surface area contributed by atoms with Gasteiger partial charge in [-0.15, -0.1) is 0 Å². The van der Waals surface area contributed by atoms with Crippen LogP contribution in [0.2, 0.25) is 0 Å². The van der Waals surface area contributed by atoms with Crippen LogP contribution in [0.5, 0.6) is 0 Å². The van der Waals surface area contributed by atoms with E-state index in [1.807, 2.05) is 0 Å². The fourth-order valence-electron chi connectivity index (χ4n) is 3.33. The lowest BCUT2D eigenvalue weighted by molar-refractivity contribution is -0.890. The zero-order valence-electron chi connectivity index (χ0n) is 20.7. The van der Waals surface area contributed by atoms with Crippen LogP contribution in [0.3, 0.4) is 0 Å². The first kappa shape index (κ1) is 26.9. The Morgan fingerprint density at radius 1 is 1.00 bits per heavy atom. The Bertz CT molecular complexity index is 563. The third-order valence-electron chi connectivity index (χ3n) is 5.33. The van der Waals surface area contributed by atoms with Crippen LogP contribution in [0.4, 0.5) is 5.69 Å². The van der Waals surface area contributed by atoms with Gasteiger partial charge in [-0.05, 0) is 51.8 Å². The standard InChI is InChI=1S/C25H47N2O3/c1-8-10-14-27(6,7)15-16-28-17-18-29-25(21-30-22(3)4)20-26(9-2)24-13-11-12-23(5)19-24/h11-13,19,22,25H,8-10,14-18,20-21H2,1-7H3/q+1. The van der Waals surface area contributed by atoms with E-state index < -0.39 is 0 Å². The number of ether oxygens (including phenoxy) is 3. The van der Waals surface area contributed by atoms with E-state index in [0.717, 1.165) is 30.7 Å². The summed E-state index contributed by atoms with van der Waals surface area (Å²) in [6, 6.07) is 8.64. The van der Waals surface area contributed by atoms with Gasteiger partial charge in [-0.2, -0.15) is 0 Å². The normalized spacial score (nSPS) is 13.1. The van der Waals surface area contributed by atoms with Crippen LogP contribution in [0, 0.1) is 6.92 Å². The minimum absolute atomic E-state index is 0.0215. The number of rotatable bonds is 17. The van der Waals surface area contributed by atoms with Crippen molar-refractivity contribution >= 4 is 5.69 Å². The minimum atomic E-state index is 0.0215. The van der Waals surface area contributed by atoms with Crippen LogP contribution in [0.25, 0.3) is 0 Å². The van der Waals surface area contributed by atoms with Crippen LogP contribution in [0.15, 0.2) is 24.3 Å². The monoisotopic (exact) mass is 423 g/mol. The molecular weight excluding hydrogens is 376 g/mol. The second-order valence-corrected chi connectivity index (χ2v) is 9.10. The average molecular weight is 424 g/mol. The Morgan fingerprint density at radius 3 is 2.40 bits per heavy atom. The van der Waals surface area contributed by atoms with Crippen molar-refractivity contribution in [2.45, 2.75) is 59.7 Å². The Morgan fingerprint density at radius 2 is 1.77 bits per heavy atom. The van der Waals surface area contributed by atoms with Crippen molar-refractivity contribution in [3.8, 4) is 0 Å². The third kappa shape index (κ3) is 11.9. The number of hydrogen-bond donors (Lipinski definition) is 0. The fourth-order valence-corrected chi connectivity index (χ4v) is 3.33. The molecule has 0 N–H and O–H groups in total. The lowest BCUT2D eigenvalue weighted by Crippen LogP contribution is -2.43. The molecule has 174 valence electrons. The van der Waals surface area contributed by atoms with E-state index in [4.69, 9.17) is 14.2 Å². The maximum absolute atomic E-state index is 6.18. The predicted molar refractivity (Wildman–Crippen MR) is 127 cm³/mol. The summed E-state index contributed by atoms with van der Waals surface area (Å²) >= 11 is 0. The smallest absolute Gasteiger partial charge is 0.102 e. The van der Waals surface area contributed by atoms with Crippen LogP contribution in [-0.2, 0) is 14.2 Å². The van der Waals surface area contributed by atoms with E-state index in [1.165, 1.54) is 30.6 Å². The van der Waals surface area contributed by atoms with Crippen molar-refractivity contribution in [1.82, 2.24) is 0 Å². The molecule has 0 amide bonds. The molecular formula is C25H47N2O3+. The summed E-state index contributed by atoms with van der Waals surface area (Å²) in [4.78, 5) is 2.36. The highest BCUT2D eigenvalue weighted by atomic mass is 16.6. The molecule has 1 atom stereocenters. The second kappa shape index (κ2) is 14.8. The summed E-state index contributed by atoms with van der Waals surface area (Å²) in [6.07, 6.45) is 2.73. The Labute approximate surface area is 185 Å². The summed E-state index contributed by atoms with van der Waals surface area (Å²) in [5.74, 6) is 0. The molecule has 0 radical (unpaired) electrons. The molecule has 30 heavy (non-hydrogen) atoms. The van der Waals surface area contributed by atoms with Gasteiger partial charge in [0.25, 0.3) is 0 Å². The molecule has 0 aliphatic rings. The number of nitrogens with zero attached hydrogens (tertiary/aromatic N) is 2. The molecule has 0 aromatic heterocycles. The van der Waals surface area contributed by atoms with Crippen LogP contribution < -0.4 is 4.90 Å². The number of aryl methyl sites for hydroxylation is 1. The van der Waals surface area contributed by atoms with Gasteiger partial charge in [-0.1, -0.05) is 25.5 Å². The van der Waals surface area contributed by atoms with E-state index in [0.29, 0.717) is 19.8 Å². The topological polar surface area (TPSA) is 30.9 Å². The average Bonchev–Trinajstić information content (AvgIpc) is 2.70. The molecule has 1 unspecified atom stereocenters. The summed E-state index contributed by atoms with van der Waals surface area (Å²) < 4.78 is 18.9. The highest BCUT2D eigenvalue weighted by molar-refractivity contribution is 5.48. The molecule has 0 spiro atoms. The van der Waals surface area contributed by atoms with Crippen molar-refractivity contribution < 1.29 is 18.7 Å².